The van der Waals surface area contributed by atoms with Gasteiger partial charge in [-0.05, 0) is 40.5 Å². The highest BCUT2D eigenvalue weighted by molar-refractivity contribution is 9.10. The van der Waals surface area contributed by atoms with Crippen LogP contribution in [0.5, 0.6) is 0 Å². The van der Waals surface area contributed by atoms with Crippen LogP contribution in [0.4, 0.5) is 0 Å². The first-order valence-corrected chi connectivity index (χ1v) is 6.17. The van der Waals surface area contributed by atoms with E-state index < -0.39 is 0 Å². The van der Waals surface area contributed by atoms with Crippen LogP contribution in [-0.4, -0.2) is 9.61 Å². The van der Waals surface area contributed by atoms with Crippen LogP contribution >= 0.6 is 15.9 Å². The first-order valence-electron chi connectivity index (χ1n) is 5.37. The Morgan fingerprint density at radius 1 is 1.20 bits per heavy atom. The molecule has 84 valence electrons. The van der Waals surface area contributed by atoms with Gasteiger partial charge in [-0.3, -0.25) is 0 Å². The predicted molar refractivity (Wildman–Crippen MR) is 70.3 cm³/mol. The molecule has 2 heterocycles. The molecule has 2 rings (SSSR count). The van der Waals surface area contributed by atoms with Gasteiger partial charge < -0.3 is 0 Å². The number of rotatable bonds is 0. The lowest BCUT2D eigenvalue weighted by molar-refractivity contribution is 0.958. The fourth-order valence-corrected chi connectivity index (χ4v) is 1.79. The molecular formula is C12H19BrN2. The van der Waals surface area contributed by atoms with Crippen molar-refractivity contribution in [3.8, 4) is 0 Å². The maximum Gasteiger partial charge on any atom is 0.0832 e. The monoisotopic (exact) mass is 270 g/mol. The van der Waals surface area contributed by atoms with Crippen molar-refractivity contribution in [1.82, 2.24) is 9.61 Å². The number of aryl methyl sites for hydroxylation is 1. The molecule has 2 aromatic rings. The standard InChI is InChI=1S/C8H7BrN2.2C2H6/c1-6-5-10-11-4-2-3-7(9)8(6)11;2*1-2/h2-5H,1H3;2*1-2H3. The lowest BCUT2D eigenvalue weighted by atomic mass is 10.3. The zero-order chi connectivity index (χ0) is 11.8. The average molecular weight is 271 g/mol. The molecule has 0 aliphatic carbocycles. The summed E-state index contributed by atoms with van der Waals surface area (Å²) >= 11 is 3.47. The van der Waals surface area contributed by atoms with Gasteiger partial charge in [0, 0.05) is 10.7 Å². The molecule has 0 radical (unpaired) electrons. The Bertz CT molecular complexity index is 393. The van der Waals surface area contributed by atoms with Gasteiger partial charge in [0.05, 0.1) is 11.7 Å². The molecule has 3 heteroatoms. The molecule has 0 aliphatic heterocycles. The van der Waals surface area contributed by atoms with Gasteiger partial charge in [0.2, 0.25) is 0 Å². The molecule has 0 bridgehead atoms. The number of hydrogen-bond acceptors (Lipinski definition) is 1. The molecule has 0 N–H and O–H groups in total. The molecule has 0 fully saturated rings. The van der Waals surface area contributed by atoms with E-state index in [1.54, 1.807) is 0 Å². The quantitative estimate of drug-likeness (QED) is 0.691. The van der Waals surface area contributed by atoms with Crippen molar-refractivity contribution in [1.29, 1.82) is 0 Å². The van der Waals surface area contributed by atoms with Crippen molar-refractivity contribution in [2.45, 2.75) is 34.6 Å². The number of nitrogens with zero attached hydrogens (tertiary/aromatic N) is 2. The third kappa shape index (κ3) is 3.34. The van der Waals surface area contributed by atoms with Crippen molar-refractivity contribution in [3.63, 3.8) is 0 Å². The molecule has 0 saturated carbocycles. The summed E-state index contributed by atoms with van der Waals surface area (Å²) in [4.78, 5) is 0. The van der Waals surface area contributed by atoms with Gasteiger partial charge in [-0.15, -0.1) is 0 Å². The first-order chi connectivity index (χ1) is 7.29. The largest absolute Gasteiger partial charge is 0.240 e. The molecule has 0 amide bonds. The molecule has 15 heavy (non-hydrogen) atoms. The van der Waals surface area contributed by atoms with Gasteiger partial charge in [-0.2, -0.15) is 5.10 Å². The highest BCUT2D eigenvalue weighted by Crippen LogP contribution is 2.19. The molecule has 2 nitrogen and oxygen atoms in total. The number of pyridine rings is 1. The highest BCUT2D eigenvalue weighted by atomic mass is 79.9. The Kier molecular flexibility index (Phi) is 7.05. The molecular weight excluding hydrogens is 252 g/mol. The van der Waals surface area contributed by atoms with E-state index in [0.29, 0.717) is 0 Å². The van der Waals surface area contributed by atoms with Crippen LogP contribution in [0.3, 0.4) is 0 Å². The zero-order valence-corrected chi connectivity index (χ0v) is 11.7. The molecule has 0 aromatic carbocycles. The van der Waals surface area contributed by atoms with Crippen LogP contribution in [0.1, 0.15) is 33.3 Å². The van der Waals surface area contributed by atoms with Crippen molar-refractivity contribution >= 4 is 21.4 Å². The highest BCUT2D eigenvalue weighted by Gasteiger charge is 2.01. The van der Waals surface area contributed by atoms with Crippen molar-refractivity contribution in [2.24, 2.45) is 0 Å². The van der Waals surface area contributed by atoms with Crippen LogP contribution < -0.4 is 0 Å². The molecule has 0 saturated heterocycles. The summed E-state index contributed by atoms with van der Waals surface area (Å²) < 4.78 is 2.95. The second kappa shape index (κ2) is 7.46. The Morgan fingerprint density at radius 2 is 1.80 bits per heavy atom. The van der Waals surface area contributed by atoms with E-state index in [1.165, 1.54) is 5.56 Å². The fraction of sp³-hybridized carbons (Fsp3) is 0.417. The van der Waals surface area contributed by atoms with E-state index in [2.05, 4.69) is 21.0 Å². The summed E-state index contributed by atoms with van der Waals surface area (Å²) in [6.45, 7) is 10.0. The van der Waals surface area contributed by atoms with Gasteiger partial charge in [-0.1, -0.05) is 27.7 Å². The Balaban J connectivity index is 0.000000442. The van der Waals surface area contributed by atoms with Gasteiger partial charge in [0.15, 0.2) is 0 Å². The predicted octanol–water partition coefficient (Wildman–Crippen LogP) is 4.46. The topological polar surface area (TPSA) is 17.3 Å². The lowest BCUT2D eigenvalue weighted by Gasteiger charge is -1.95. The van der Waals surface area contributed by atoms with Gasteiger partial charge in [0.1, 0.15) is 0 Å². The van der Waals surface area contributed by atoms with Crippen LogP contribution in [0.15, 0.2) is 29.0 Å². The van der Waals surface area contributed by atoms with Crippen LogP contribution in [0.2, 0.25) is 0 Å². The summed E-state index contributed by atoms with van der Waals surface area (Å²) in [5.41, 5.74) is 2.34. The van der Waals surface area contributed by atoms with E-state index in [1.807, 2.05) is 63.7 Å². The first kappa shape index (κ1) is 14.2. The zero-order valence-electron chi connectivity index (χ0n) is 10.1. The summed E-state index contributed by atoms with van der Waals surface area (Å²) in [6.07, 6.45) is 3.80. The molecule has 0 aliphatic rings. The third-order valence-electron chi connectivity index (χ3n) is 1.67. The summed E-state index contributed by atoms with van der Waals surface area (Å²) in [5, 5.41) is 4.17. The molecule has 2 aromatic heterocycles. The summed E-state index contributed by atoms with van der Waals surface area (Å²) in [5.74, 6) is 0. The maximum absolute atomic E-state index is 4.17. The van der Waals surface area contributed by atoms with E-state index in [9.17, 15) is 0 Å². The van der Waals surface area contributed by atoms with Crippen molar-refractivity contribution in [3.05, 3.63) is 34.6 Å². The summed E-state index contributed by atoms with van der Waals surface area (Å²) in [6, 6.07) is 3.98. The summed E-state index contributed by atoms with van der Waals surface area (Å²) in [7, 11) is 0. The van der Waals surface area contributed by atoms with Crippen LogP contribution in [0, 0.1) is 6.92 Å². The van der Waals surface area contributed by atoms with Gasteiger partial charge in [0.25, 0.3) is 0 Å². The SMILES string of the molecule is CC.CC.Cc1cnn2cccc(Br)c12. The molecule has 0 unspecified atom stereocenters. The third-order valence-corrected chi connectivity index (χ3v) is 2.31. The molecule has 0 atom stereocenters. The normalized spacial score (nSPS) is 8.67. The van der Waals surface area contributed by atoms with E-state index in [-0.39, 0.29) is 0 Å². The van der Waals surface area contributed by atoms with E-state index >= 15 is 0 Å². The number of fused-ring (bicyclic) bond motifs is 1. The van der Waals surface area contributed by atoms with Gasteiger partial charge in [-0.25, -0.2) is 4.52 Å². The Morgan fingerprint density at radius 3 is 2.33 bits per heavy atom. The second-order valence-corrected chi connectivity index (χ2v) is 3.33. The second-order valence-electron chi connectivity index (χ2n) is 2.48. The Labute approximate surface area is 100 Å². The number of hydrogen-bond donors (Lipinski definition) is 0. The van der Waals surface area contributed by atoms with Gasteiger partial charge >= 0.3 is 0 Å². The smallest absolute Gasteiger partial charge is 0.0832 e. The van der Waals surface area contributed by atoms with Crippen molar-refractivity contribution < 1.29 is 0 Å². The van der Waals surface area contributed by atoms with Crippen molar-refractivity contribution in [2.75, 3.05) is 0 Å². The minimum Gasteiger partial charge on any atom is -0.240 e. The average Bonchev–Trinajstić information content (AvgIpc) is 2.68. The number of aromatic nitrogens is 2. The Hall–Kier alpha value is -0.830. The van der Waals surface area contributed by atoms with E-state index in [0.717, 1.165) is 9.99 Å². The lowest BCUT2D eigenvalue weighted by Crippen LogP contribution is -1.85. The van der Waals surface area contributed by atoms with Crippen LogP contribution in [-0.2, 0) is 0 Å². The minimum absolute atomic E-state index is 1.09. The molecule has 0 spiro atoms. The van der Waals surface area contributed by atoms with E-state index in [4.69, 9.17) is 0 Å². The minimum atomic E-state index is 1.09. The fourth-order valence-electron chi connectivity index (χ4n) is 1.15. The van der Waals surface area contributed by atoms with Crippen LogP contribution in [0.25, 0.3) is 5.52 Å². The maximum atomic E-state index is 4.17. The number of halogens is 1.